The molecule has 0 bridgehead atoms. The van der Waals surface area contributed by atoms with Gasteiger partial charge in [0.15, 0.2) is 0 Å². The fraction of sp³-hybridized carbons (Fsp3) is 0.400. The highest BCUT2D eigenvalue weighted by Gasteiger charge is 2.24. The number of hydrogen-bond donors (Lipinski definition) is 1. The highest BCUT2D eigenvalue weighted by molar-refractivity contribution is 9.10. The molecule has 16 heavy (non-hydrogen) atoms. The van der Waals surface area contributed by atoms with Gasteiger partial charge in [-0.1, -0.05) is 37.2 Å². The molecule has 0 fully saturated rings. The molecule has 0 amide bonds. The van der Waals surface area contributed by atoms with Crippen molar-refractivity contribution in [3.8, 4) is 0 Å². The number of carbonyl (C=O) groups is 1. The summed E-state index contributed by atoms with van der Waals surface area (Å²) in [4.78, 5) is 15.1. The highest BCUT2D eigenvalue weighted by Crippen LogP contribution is 2.33. The highest BCUT2D eigenvalue weighted by atomic mass is 79.9. The number of halogens is 2. The Kier molecular flexibility index (Phi) is 5.08. The zero-order valence-electron chi connectivity index (χ0n) is 8.78. The molecule has 1 heterocycles. The molecule has 1 atom stereocenters. The van der Waals surface area contributed by atoms with Gasteiger partial charge in [-0.2, -0.15) is 0 Å². The molecule has 1 N–H and O–H groups in total. The van der Waals surface area contributed by atoms with Gasteiger partial charge in [-0.15, -0.1) is 0 Å². The number of hydrogen-bond acceptors (Lipinski definition) is 3. The van der Waals surface area contributed by atoms with Gasteiger partial charge in [0.2, 0.25) is 0 Å². The molecule has 0 aliphatic rings. The van der Waals surface area contributed by atoms with Crippen LogP contribution in [0.4, 0.5) is 0 Å². The Morgan fingerprint density at radius 3 is 2.69 bits per heavy atom. The van der Waals surface area contributed by atoms with Crippen molar-refractivity contribution in [2.45, 2.75) is 24.1 Å². The number of carboxylic acids is 1. The molecule has 0 aliphatic carbocycles. The van der Waals surface area contributed by atoms with Gasteiger partial charge in [0.05, 0.1) is 9.50 Å². The van der Waals surface area contributed by atoms with Crippen LogP contribution in [0.2, 0.25) is 5.02 Å². The summed E-state index contributed by atoms with van der Waals surface area (Å²) in [5, 5.41) is 9.72. The van der Waals surface area contributed by atoms with E-state index in [1.165, 1.54) is 18.0 Å². The Morgan fingerprint density at radius 1 is 1.62 bits per heavy atom. The third-order valence-electron chi connectivity index (χ3n) is 1.86. The van der Waals surface area contributed by atoms with Crippen LogP contribution in [0.5, 0.6) is 0 Å². The van der Waals surface area contributed by atoms with Crippen LogP contribution in [-0.2, 0) is 4.79 Å². The average Bonchev–Trinajstić information content (AvgIpc) is 2.15. The second-order valence-electron chi connectivity index (χ2n) is 3.56. The Bertz CT molecular complexity index is 400. The second kappa shape index (κ2) is 5.89. The van der Waals surface area contributed by atoms with Crippen LogP contribution in [0, 0.1) is 5.92 Å². The summed E-state index contributed by atoms with van der Waals surface area (Å²) in [6.45, 7) is 3.74. The van der Waals surface area contributed by atoms with Crippen molar-refractivity contribution < 1.29 is 9.90 Å². The first kappa shape index (κ1) is 13.8. The molecular weight excluding hydrogens is 314 g/mol. The van der Waals surface area contributed by atoms with Crippen LogP contribution >= 0.6 is 39.3 Å². The molecular formula is C10H11BrClNO2S. The summed E-state index contributed by atoms with van der Waals surface area (Å²) in [7, 11) is 0. The molecule has 0 aromatic carbocycles. The lowest BCUT2D eigenvalue weighted by Crippen LogP contribution is -2.22. The molecule has 3 nitrogen and oxygen atoms in total. The van der Waals surface area contributed by atoms with Gasteiger partial charge in [-0.05, 0) is 27.9 Å². The normalized spacial score (nSPS) is 12.8. The first-order chi connectivity index (χ1) is 7.41. The minimum atomic E-state index is -0.830. The SMILES string of the molecule is CC(C)C(Sc1ncc(Cl)cc1Br)C(=O)O. The summed E-state index contributed by atoms with van der Waals surface area (Å²) in [5.41, 5.74) is 0. The van der Waals surface area contributed by atoms with E-state index in [1.54, 1.807) is 6.07 Å². The molecule has 1 unspecified atom stereocenters. The number of rotatable bonds is 4. The first-order valence-electron chi connectivity index (χ1n) is 4.62. The summed E-state index contributed by atoms with van der Waals surface area (Å²) in [5.74, 6) is -0.796. The third-order valence-corrected chi connectivity index (χ3v) is 4.48. The molecule has 6 heteroatoms. The zero-order chi connectivity index (χ0) is 12.3. The number of aromatic nitrogens is 1. The molecule has 88 valence electrons. The molecule has 0 saturated carbocycles. The topological polar surface area (TPSA) is 50.2 Å². The van der Waals surface area contributed by atoms with Gasteiger partial charge in [0.25, 0.3) is 0 Å². The third kappa shape index (κ3) is 3.64. The van der Waals surface area contributed by atoms with Crippen LogP contribution in [0.15, 0.2) is 21.8 Å². The largest absolute Gasteiger partial charge is 0.480 e. The van der Waals surface area contributed by atoms with E-state index in [-0.39, 0.29) is 5.92 Å². The van der Waals surface area contributed by atoms with Gasteiger partial charge in [-0.3, -0.25) is 4.79 Å². The summed E-state index contributed by atoms with van der Waals surface area (Å²) >= 11 is 10.3. The van der Waals surface area contributed by atoms with Crippen molar-refractivity contribution in [1.82, 2.24) is 4.98 Å². The minimum absolute atomic E-state index is 0.0341. The van der Waals surface area contributed by atoms with Crippen LogP contribution in [0.1, 0.15) is 13.8 Å². The maximum atomic E-state index is 11.0. The standard InChI is InChI=1S/C10H11BrClNO2S/c1-5(2)8(10(14)15)16-9-7(11)3-6(12)4-13-9/h3-5,8H,1-2H3,(H,14,15). The fourth-order valence-corrected chi connectivity index (χ4v) is 2.90. The predicted molar refractivity (Wildman–Crippen MR) is 69.1 cm³/mol. The monoisotopic (exact) mass is 323 g/mol. The van der Waals surface area contributed by atoms with Gasteiger partial charge in [-0.25, -0.2) is 4.98 Å². The maximum absolute atomic E-state index is 11.0. The minimum Gasteiger partial charge on any atom is -0.480 e. The van der Waals surface area contributed by atoms with E-state index in [2.05, 4.69) is 20.9 Å². The van der Waals surface area contributed by atoms with Crippen LogP contribution in [-0.4, -0.2) is 21.3 Å². The zero-order valence-corrected chi connectivity index (χ0v) is 11.9. The first-order valence-corrected chi connectivity index (χ1v) is 6.67. The number of thioether (sulfide) groups is 1. The Labute approximate surface area is 112 Å². The van der Waals surface area contributed by atoms with Crippen molar-refractivity contribution in [2.24, 2.45) is 5.92 Å². The Morgan fingerprint density at radius 2 is 2.25 bits per heavy atom. The van der Waals surface area contributed by atoms with E-state index in [0.29, 0.717) is 10.0 Å². The van der Waals surface area contributed by atoms with Crippen molar-refractivity contribution >= 4 is 45.3 Å². The average molecular weight is 325 g/mol. The fourth-order valence-electron chi connectivity index (χ4n) is 1.08. The summed E-state index contributed by atoms with van der Waals surface area (Å²) in [6, 6.07) is 1.70. The van der Waals surface area contributed by atoms with Gasteiger partial charge < -0.3 is 5.11 Å². The van der Waals surface area contributed by atoms with E-state index >= 15 is 0 Å². The van der Waals surface area contributed by atoms with Crippen molar-refractivity contribution in [3.05, 3.63) is 21.8 Å². The van der Waals surface area contributed by atoms with Crippen LogP contribution < -0.4 is 0 Å². The van der Waals surface area contributed by atoms with Gasteiger partial charge in [0.1, 0.15) is 10.3 Å². The smallest absolute Gasteiger partial charge is 0.317 e. The van der Waals surface area contributed by atoms with Crippen LogP contribution in [0.25, 0.3) is 0 Å². The Balaban J connectivity index is 2.90. The second-order valence-corrected chi connectivity index (χ2v) is 5.98. The molecule has 0 radical (unpaired) electrons. The Hall–Kier alpha value is -0.260. The van der Waals surface area contributed by atoms with E-state index in [9.17, 15) is 4.79 Å². The van der Waals surface area contributed by atoms with Crippen molar-refractivity contribution in [2.75, 3.05) is 0 Å². The molecule has 0 spiro atoms. The van der Waals surface area contributed by atoms with E-state index in [1.807, 2.05) is 13.8 Å². The molecule has 1 aromatic heterocycles. The molecule has 1 aromatic rings. The maximum Gasteiger partial charge on any atom is 0.317 e. The molecule has 0 aliphatic heterocycles. The van der Waals surface area contributed by atoms with E-state index < -0.39 is 11.2 Å². The van der Waals surface area contributed by atoms with E-state index in [0.717, 1.165) is 4.47 Å². The van der Waals surface area contributed by atoms with Gasteiger partial charge in [0, 0.05) is 6.20 Å². The summed E-state index contributed by atoms with van der Waals surface area (Å²) in [6.07, 6.45) is 1.51. The summed E-state index contributed by atoms with van der Waals surface area (Å²) < 4.78 is 0.719. The predicted octanol–water partition coefficient (Wildman–Crippen LogP) is 3.70. The number of carboxylic acid groups (broad SMARTS) is 1. The lowest BCUT2D eigenvalue weighted by molar-refractivity contribution is -0.137. The number of pyridine rings is 1. The number of aliphatic carboxylic acids is 1. The van der Waals surface area contributed by atoms with Crippen molar-refractivity contribution in [3.63, 3.8) is 0 Å². The molecule has 1 rings (SSSR count). The lowest BCUT2D eigenvalue weighted by atomic mass is 10.1. The van der Waals surface area contributed by atoms with Crippen molar-refractivity contribution in [1.29, 1.82) is 0 Å². The van der Waals surface area contributed by atoms with E-state index in [4.69, 9.17) is 16.7 Å². The van der Waals surface area contributed by atoms with Gasteiger partial charge >= 0.3 is 5.97 Å². The number of nitrogens with zero attached hydrogens (tertiary/aromatic N) is 1. The van der Waals surface area contributed by atoms with Crippen LogP contribution in [0.3, 0.4) is 0 Å². The quantitative estimate of drug-likeness (QED) is 0.858. The molecule has 0 saturated heterocycles. The lowest BCUT2D eigenvalue weighted by Gasteiger charge is -2.15.